The number of anilines is 1. The minimum absolute atomic E-state index is 0.146. The number of hydrogen-bond acceptors (Lipinski definition) is 4. The lowest BCUT2D eigenvalue weighted by Gasteiger charge is -2.20. The first kappa shape index (κ1) is 15.3. The Balaban J connectivity index is 2.11. The molecule has 0 aliphatic rings. The third kappa shape index (κ3) is 3.95. The zero-order valence-corrected chi connectivity index (χ0v) is 13.6. The van der Waals surface area contributed by atoms with Gasteiger partial charge >= 0.3 is 0 Å². The van der Waals surface area contributed by atoms with E-state index in [0.29, 0.717) is 0 Å². The van der Waals surface area contributed by atoms with Gasteiger partial charge in [-0.15, -0.1) is 11.3 Å². The molecule has 1 aromatic heterocycles. The number of aryl methyl sites for hydroxylation is 1. The van der Waals surface area contributed by atoms with E-state index in [-0.39, 0.29) is 6.04 Å². The van der Waals surface area contributed by atoms with E-state index in [1.807, 2.05) is 27.0 Å². The van der Waals surface area contributed by atoms with Crippen molar-refractivity contribution in [3.63, 3.8) is 0 Å². The van der Waals surface area contributed by atoms with Crippen LogP contribution in [0.15, 0.2) is 23.6 Å². The maximum absolute atomic E-state index is 6.38. The molecule has 0 aliphatic carbocycles. The van der Waals surface area contributed by atoms with E-state index >= 15 is 0 Å². The van der Waals surface area contributed by atoms with Gasteiger partial charge in [0.2, 0.25) is 0 Å². The van der Waals surface area contributed by atoms with Gasteiger partial charge in [-0.2, -0.15) is 0 Å². The van der Waals surface area contributed by atoms with Crippen LogP contribution in [0.3, 0.4) is 0 Å². The number of nitrogens with two attached hydrogens (primary N) is 1. The molecule has 108 valence electrons. The van der Waals surface area contributed by atoms with Crippen molar-refractivity contribution in [1.29, 1.82) is 0 Å². The van der Waals surface area contributed by atoms with Crippen molar-refractivity contribution in [2.24, 2.45) is 5.73 Å². The van der Waals surface area contributed by atoms with Gasteiger partial charge < -0.3 is 10.6 Å². The maximum atomic E-state index is 6.38. The van der Waals surface area contributed by atoms with Crippen LogP contribution in [0.2, 0.25) is 5.02 Å². The van der Waals surface area contributed by atoms with Gasteiger partial charge in [-0.3, -0.25) is 0 Å². The number of aromatic nitrogens is 1. The monoisotopic (exact) mass is 309 g/mol. The highest BCUT2D eigenvalue weighted by Crippen LogP contribution is 2.27. The van der Waals surface area contributed by atoms with E-state index in [1.165, 1.54) is 5.56 Å². The second kappa shape index (κ2) is 6.57. The molecule has 1 aromatic carbocycles. The molecule has 0 bridgehead atoms. The first-order valence-corrected chi connectivity index (χ1v) is 7.87. The summed E-state index contributed by atoms with van der Waals surface area (Å²) in [5, 5.41) is 3.94. The molecule has 20 heavy (non-hydrogen) atoms. The van der Waals surface area contributed by atoms with Gasteiger partial charge in [-0.1, -0.05) is 17.7 Å². The predicted octanol–water partition coefficient (Wildman–Crippen LogP) is 3.63. The summed E-state index contributed by atoms with van der Waals surface area (Å²) in [7, 11) is 2.03. The summed E-state index contributed by atoms with van der Waals surface area (Å²) in [5.41, 5.74) is 9.08. The zero-order chi connectivity index (χ0) is 14.7. The van der Waals surface area contributed by atoms with Crippen molar-refractivity contribution in [2.75, 3.05) is 11.9 Å². The van der Waals surface area contributed by atoms with E-state index < -0.39 is 0 Å². The third-order valence-corrected chi connectivity index (χ3v) is 4.17. The summed E-state index contributed by atoms with van der Waals surface area (Å²) in [4.78, 5) is 6.60. The summed E-state index contributed by atoms with van der Waals surface area (Å²) >= 11 is 8.05. The van der Waals surface area contributed by atoms with E-state index in [9.17, 15) is 0 Å². The van der Waals surface area contributed by atoms with Gasteiger partial charge in [-0.25, -0.2) is 4.98 Å². The van der Waals surface area contributed by atoms with Crippen LogP contribution in [0.5, 0.6) is 0 Å². The second-order valence-electron chi connectivity index (χ2n) is 5.18. The quantitative estimate of drug-likeness (QED) is 0.917. The number of thiazole rings is 1. The van der Waals surface area contributed by atoms with Crippen molar-refractivity contribution >= 4 is 28.6 Å². The summed E-state index contributed by atoms with van der Waals surface area (Å²) in [6.07, 6.45) is 0.842. The summed E-state index contributed by atoms with van der Waals surface area (Å²) in [5.74, 6) is 0. The zero-order valence-electron chi connectivity index (χ0n) is 12.1. The van der Waals surface area contributed by atoms with Gasteiger partial charge in [0.25, 0.3) is 0 Å². The van der Waals surface area contributed by atoms with E-state index in [0.717, 1.165) is 34.4 Å². The first-order valence-electron chi connectivity index (χ1n) is 6.62. The Morgan fingerprint density at radius 1 is 1.45 bits per heavy atom. The molecule has 5 heteroatoms. The molecule has 0 amide bonds. The first-order chi connectivity index (χ1) is 9.45. The highest BCUT2D eigenvalue weighted by molar-refractivity contribution is 7.09. The molecule has 1 unspecified atom stereocenters. The number of halogens is 1. The highest BCUT2D eigenvalue weighted by atomic mass is 35.5. The molecule has 0 saturated carbocycles. The van der Waals surface area contributed by atoms with E-state index in [2.05, 4.69) is 27.4 Å². The fourth-order valence-corrected chi connectivity index (χ4v) is 3.12. The number of nitrogens with zero attached hydrogens (tertiary/aromatic N) is 2. The molecular formula is C15H20ClN3S. The van der Waals surface area contributed by atoms with Gasteiger partial charge in [-0.05, 0) is 38.0 Å². The van der Waals surface area contributed by atoms with Gasteiger partial charge in [0.05, 0.1) is 28.0 Å². The van der Waals surface area contributed by atoms with Crippen molar-refractivity contribution in [2.45, 2.75) is 32.9 Å². The van der Waals surface area contributed by atoms with Crippen LogP contribution >= 0.6 is 22.9 Å². The Morgan fingerprint density at radius 2 is 2.20 bits per heavy atom. The van der Waals surface area contributed by atoms with Crippen LogP contribution in [0.4, 0.5) is 5.69 Å². The Morgan fingerprint density at radius 3 is 2.75 bits per heavy atom. The van der Waals surface area contributed by atoms with Crippen LogP contribution in [0.25, 0.3) is 0 Å². The van der Waals surface area contributed by atoms with Crippen LogP contribution < -0.4 is 10.6 Å². The maximum Gasteiger partial charge on any atom is 0.0898 e. The molecule has 0 fully saturated rings. The average Bonchev–Trinajstić information content (AvgIpc) is 2.73. The van der Waals surface area contributed by atoms with Crippen LogP contribution in [-0.2, 0) is 13.0 Å². The van der Waals surface area contributed by atoms with E-state index in [1.54, 1.807) is 11.3 Å². The molecule has 0 saturated heterocycles. The van der Waals surface area contributed by atoms with Crippen molar-refractivity contribution in [3.05, 3.63) is 44.9 Å². The van der Waals surface area contributed by atoms with Crippen LogP contribution in [0.1, 0.15) is 23.2 Å². The van der Waals surface area contributed by atoms with Crippen molar-refractivity contribution in [3.8, 4) is 0 Å². The lowest BCUT2D eigenvalue weighted by Crippen LogP contribution is -2.19. The minimum Gasteiger partial charge on any atom is -0.367 e. The van der Waals surface area contributed by atoms with Crippen molar-refractivity contribution in [1.82, 2.24) is 4.98 Å². The lowest BCUT2D eigenvalue weighted by molar-refractivity contribution is 0.738. The van der Waals surface area contributed by atoms with E-state index in [4.69, 9.17) is 17.3 Å². The summed E-state index contributed by atoms with van der Waals surface area (Å²) < 4.78 is 0. The largest absolute Gasteiger partial charge is 0.367 e. The molecule has 3 nitrogen and oxygen atoms in total. The fourth-order valence-electron chi connectivity index (χ4n) is 2.17. The molecule has 2 N–H and O–H groups in total. The number of hydrogen-bond donors (Lipinski definition) is 1. The number of rotatable bonds is 5. The summed E-state index contributed by atoms with van der Waals surface area (Å²) in [6.45, 7) is 4.78. The SMILES string of the molecule is Cc1nc(CN(C)c2ccc(CC(C)N)cc2Cl)cs1. The highest BCUT2D eigenvalue weighted by Gasteiger charge is 2.10. The smallest absolute Gasteiger partial charge is 0.0898 e. The molecular weight excluding hydrogens is 290 g/mol. The third-order valence-electron chi connectivity index (χ3n) is 3.05. The molecule has 2 aromatic rings. The Labute approximate surface area is 129 Å². The molecule has 2 rings (SSSR count). The molecule has 1 atom stereocenters. The molecule has 0 aliphatic heterocycles. The topological polar surface area (TPSA) is 42.2 Å². The fraction of sp³-hybridized carbons (Fsp3) is 0.400. The van der Waals surface area contributed by atoms with Gasteiger partial charge in [0.1, 0.15) is 0 Å². The molecule has 1 heterocycles. The second-order valence-corrected chi connectivity index (χ2v) is 6.65. The molecule has 0 spiro atoms. The predicted molar refractivity (Wildman–Crippen MR) is 87.8 cm³/mol. The van der Waals surface area contributed by atoms with Crippen molar-refractivity contribution < 1.29 is 0 Å². The summed E-state index contributed by atoms with van der Waals surface area (Å²) in [6, 6.07) is 6.29. The standard InChI is InChI=1S/C15H20ClN3S/c1-10(17)6-12-4-5-15(14(16)7-12)19(3)8-13-9-20-11(2)18-13/h4-5,7,9-10H,6,8,17H2,1-3H3. The lowest BCUT2D eigenvalue weighted by atomic mass is 10.1. The Kier molecular flexibility index (Phi) is 5.02. The van der Waals surface area contributed by atoms with Crippen LogP contribution in [-0.4, -0.2) is 18.1 Å². The Bertz CT molecular complexity index is 580. The number of benzene rings is 1. The van der Waals surface area contributed by atoms with Crippen LogP contribution in [0, 0.1) is 6.92 Å². The minimum atomic E-state index is 0.146. The van der Waals surface area contributed by atoms with Gasteiger partial charge in [0.15, 0.2) is 0 Å². The molecule has 0 radical (unpaired) electrons. The Hall–Kier alpha value is -1.10. The van der Waals surface area contributed by atoms with Gasteiger partial charge in [0, 0.05) is 18.5 Å². The average molecular weight is 310 g/mol. The normalized spacial score (nSPS) is 12.4.